The van der Waals surface area contributed by atoms with Gasteiger partial charge in [-0.25, -0.2) is 8.42 Å². The van der Waals surface area contributed by atoms with Crippen LogP contribution in [0, 0.1) is 6.92 Å². The van der Waals surface area contributed by atoms with Gasteiger partial charge in [0.05, 0.1) is 23.7 Å². The third kappa shape index (κ3) is 6.38. The van der Waals surface area contributed by atoms with E-state index >= 15 is 0 Å². The molecule has 1 unspecified atom stereocenters. The molecule has 1 aliphatic heterocycles. The number of benzene rings is 3. The fourth-order valence-corrected chi connectivity index (χ4v) is 5.93. The van der Waals surface area contributed by atoms with E-state index in [4.69, 9.17) is 9.47 Å². The zero-order valence-electron chi connectivity index (χ0n) is 23.5. The maximum Gasteiger partial charge on any atom is 0.264 e. The first kappa shape index (κ1) is 28.5. The molecule has 0 aromatic heterocycles. The van der Waals surface area contributed by atoms with Gasteiger partial charge in [0, 0.05) is 0 Å². The average Bonchev–Trinajstić information content (AvgIpc) is 2.89. The van der Waals surface area contributed by atoms with Crippen LogP contribution in [0.1, 0.15) is 57.2 Å². The van der Waals surface area contributed by atoms with E-state index in [-0.39, 0.29) is 30.0 Å². The largest absolute Gasteiger partial charge is 0.491 e. The number of hydrogen-bond donors (Lipinski definition) is 1. The lowest BCUT2D eigenvalue weighted by Crippen LogP contribution is -2.51. The van der Waals surface area contributed by atoms with E-state index in [1.165, 1.54) is 4.31 Å². The molecule has 1 heterocycles. The lowest BCUT2D eigenvalue weighted by molar-refractivity contribution is -0.127. The Hall–Kier alpha value is -3.52. The van der Waals surface area contributed by atoms with Crippen LogP contribution in [-0.2, 0) is 20.2 Å². The highest BCUT2D eigenvalue weighted by Crippen LogP contribution is 2.40. The molecule has 4 rings (SSSR count). The van der Waals surface area contributed by atoms with Crippen LogP contribution in [0.3, 0.4) is 0 Å². The predicted molar refractivity (Wildman–Crippen MR) is 154 cm³/mol. The highest BCUT2D eigenvalue weighted by molar-refractivity contribution is 7.92. The predicted octanol–water partition coefficient (Wildman–Crippen LogP) is 5.57. The minimum absolute atomic E-state index is 0.139. The lowest BCUT2D eigenvalue weighted by Gasteiger charge is -2.36. The van der Waals surface area contributed by atoms with Crippen molar-refractivity contribution in [1.82, 2.24) is 5.32 Å². The number of nitrogens with zero attached hydrogens (tertiary/aromatic N) is 1. The fourth-order valence-electron chi connectivity index (χ4n) is 4.46. The SMILES string of the molecule is Cc1ccc(S(=O)(=O)N2CC(C(=O)NCCOc3ccccc3C(C)C)Oc3ccc(C(C)(C)C)cc32)cc1. The number of fused-ring (bicyclic) bond motifs is 1. The van der Waals surface area contributed by atoms with Crippen LogP contribution in [0.4, 0.5) is 5.69 Å². The van der Waals surface area contributed by atoms with E-state index in [2.05, 4.69) is 39.9 Å². The van der Waals surface area contributed by atoms with E-state index in [0.29, 0.717) is 17.4 Å². The smallest absolute Gasteiger partial charge is 0.264 e. The molecule has 208 valence electrons. The molecule has 1 N–H and O–H groups in total. The molecule has 0 radical (unpaired) electrons. The van der Waals surface area contributed by atoms with E-state index < -0.39 is 22.0 Å². The molecule has 0 saturated heterocycles. The van der Waals surface area contributed by atoms with E-state index in [1.54, 1.807) is 30.3 Å². The van der Waals surface area contributed by atoms with Crippen molar-refractivity contribution in [2.75, 3.05) is 24.0 Å². The first-order chi connectivity index (χ1) is 18.4. The number of carbonyl (C=O) groups is 1. The second-order valence-corrected chi connectivity index (χ2v) is 13.1. The molecular weight excluding hydrogens is 512 g/mol. The lowest BCUT2D eigenvalue weighted by atomic mass is 9.86. The van der Waals surface area contributed by atoms with Crippen molar-refractivity contribution in [3.63, 3.8) is 0 Å². The van der Waals surface area contributed by atoms with Crippen LogP contribution in [0.15, 0.2) is 71.6 Å². The van der Waals surface area contributed by atoms with Crippen molar-refractivity contribution in [2.24, 2.45) is 0 Å². The molecule has 0 fully saturated rings. The van der Waals surface area contributed by atoms with Gasteiger partial charge in [0.25, 0.3) is 15.9 Å². The Balaban J connectivity index is 1.54. The third-order valence-corrected chi connectivity index (χ3v) is 8.59. The van der Waals surface area contributed by atoms with Gasteiger partial charge in [0.2, 0.25) is 0 Å². The maximum absolute atomic E-state index is 13.8. The normalized spacial score (nSPS) is 15.5. The van der Waals surface area contributed by atoms with Crippen LogP contribution in [0.2, 0.25) is 0 Å². The highest BCUT2D eigenvalue weighted by Gasteiger charge is 2.38. The fraction of sp³-hybridized carbons (Fsp3) is 0.387. The van der Waals surface area contributed by atoms with Crippen molar-refractivity contribution in [1.29, 1.82) is 0 Å². The Kier molecular flexibility index (Phi) is 8.25. The Bertz CT molecular complexity index is 1430. The summed E-state index contributed by atoms with van der Waals surface area (Å²) in [5, 5.41) is 2.85. The molecule has 8 heteroatoms. The van der Waals surface area contributed by atoms with Crippen molar-refractivity contribution < 1.29 is 22.7 Å². The molecule has 0 saturated carbocycles. The van der Waals surface area contributed by atoms with Crippen molar-refractivity contribution >= 4 is 21.6 Å². The average molecular weight is 551 g/mol. The molecule has 1 amide bonds. The number of anilines is 1. The summed E-state index contributed by atoms with van der Waals surface area (Å²) in [4.78, 5) is 13.3. The maximum atomic E-state index is 13.8. The molecule has 39 heavy (non-hydrogen) atoms. The van der Waals surface area contributed by atoms with Gasteiger partial charge in [-0.05, 0) is 59.7 Å². The van der Waals surface area contributed by atoms with Gasteiger partial charge in [-0.3, -0.25) is 9.10 Å². The summed E-state index contributed by atoms with van der Waals surface area (Å²) in [5.41, 5.74) is 3.26. The van der Waals surface area contributed by atoms with Crippen LogP contribution in [0.25, 0.3) is 0 Å². The quantitative estimate of drug-likeness (QED) is 0.371. The topological polar surface area (TPSA) is 84.9 Å². The molecule has 0 spiro atoms. The van der Waals surface area contributed by atoms with Gasteiger partial charge in [-0.1, -0.05) is 76.6 Å². The minimum Gasteiger partial charge on any atom is -0.491 e. The summed E-state index contributed by atoms with van der Waals surface area (Å²) in [5.74, 6) is 1.05. The summed E-state index contributed by atoms with van der Waals surface area (Å²) in [6, 6.07) is 20.1. The number of hydrogen-bond acceptors (Lipinski definition) is 5. The van der Waals surface area contributed by atoms with E-state index in [1.807, 2.05) is 43.3 Å². The summed E-state index contributed by atoms with van der Waals surface area (Å²) < 4.78 is 40.9. The first-order valence-electron chi connectivity index (χ1n) is 13.3. The van der Waals surface area contributed by atoms with Crippen LogP contribution in [0.5, 0.6) is 11.5 Å². The number of rotatable bonds is 8. The van der Waals surface area contributed by atoms with Crippen LogP contribution < -0.4 is 19.1 Å². The number of para-hydroxylation sites is 1. The Morgan fingerprint density at radius 3 is 2.44 bits per heavy atom. The molecule has 0 bridgehead atoms. The zero-order valence-corrected chi connectivity index (χ0v) is 24.3. The van der Waals surface area contributed by atoms with Crippen molar-refractivity contribution in [3.8, 4) is 11.5 Å². The van der Waals surface area contributed by atoms with Crippen molar-refractivity contribution in [2.45, 2.75) is 63.9 Å². The standard InChI is InChI=1S/C31H38N2O5S/c1-21(2)25-9-7-8-10-27(25)37-18-17-32-30(34)29-20-33(39(35,36)24-14-11-22(3)12-15-24)26-19-23(31(4,5)6)13-16-28(26)38-29/h7-16,19,21,29H,17-18,20H2,1-6H3,(H,32,34). The zero-order chi connectivity index (χ0) is 28.4. The molecule has 1 aliphatic rings. The highest BCUT2D eigenvalue weighted by atomic mass is 32.2. The van der Waals surface area contributed by atoms with Crippen LogP contribution >= 0.6 is 0 Å². The second-order valence-electron chi connectivity index (χ2n) is 11.2. The van der Waals surface area contributed by atoms with Gasteiger partial charge in [-0.2, -0.15) is 0 Å². The number of carbonyl (C=O) groups excluding carboxylic acids is 1. The molecule has 3 aromatic rings. The molecular formula is C31H38N2O5S. The number of nitrogens with one attached hydrogen (secondary N) is 1. The van der Waals surface area contributed by atoms with Crippen LogP contribution in [-0.4, -0.2) is 40.1 Å². The number of amides is 1. The second kappa shape index (κ2) is 11.3. The summed E-state index contributed by atoms with van der Waals surface area (Å²) in [7, 11) is -3.95. The van der Waals surface area contributed by atoms with E-state index in [9.17, 15) is 13.2 Å². The van der Waals surface area contributed by atoms with E-state index in [0.717, 1.165) is 22.4 Å². The Morgan fingerprint density at radius 2 is 1.77 bits per heavy atom. The minimum atomic E-state index is -3.95. The Morgan fingerprint density at radius 1 is 1.08 bits per heavy atom. The number of ether oxygens (including phenoxy) is 2. The van der Waals surface area contributed by atoms with Gasteiger partial charge in [-0.15, -0.1) is 0 Å². The van der Waals surface area contributed by atoms with Crippen molar-refractivity contribution in [3.05, 3.63) is 83.4 Å². The first-order valence-corrected chi connectivity index (χ1v) is 14.7. The molecule has 0 aliphatic carbocycles. The monoisotopic (exact) mass is 550 g/mol. The summed E-state index contributed by atoms with van der Waals surface area (Å²) in [6.45, 7) is 12.7. The molecule has 1 atom stereocenters. The molecule has 3 aromatic carbocycles. The van der Waals surface area contributed by atoms with Gasteiger partial charge < -0.3 is 14.8 Å². The van der Waals surface area contributed by atoms with Gasteiger partial charge in [0.15, 0.2) is 6.10 Å². The van der Waals surface area contributed by atoms with Gasteiger partial charge in [0.1, 0.15) is 18.1 Å². The van der Waals surface area contributed by atoms with Gasteiger partial charge >= 0.3 is 0 Å². The Labute approximate surface area is 232 Å². The summed E-state index contributed by atoms with van der Waals surface area (Å²) >= 11 is 0. The number of aryl methyl sites for hydroxylation is 1. The summed E-state index contributed by atoms with van der Waals surface area (Å²) in [6.07, 6.45) is -1.01. The molecule has 7 nitrogen and oxygen atoms in total. The number of sulfonamides is 1. The third-order valence-electron chi connectivity index (χ3n) is 6.80.